The maximum atomic E-state index is 13.8. The Morgan fingerprint density at radius 2 is 1.20 bits per heavy atom. The fourth-order valence-electron chi connectivity index (χ4n) is 19.6. The lowest BCUT2D eigenvalue weighted by Crippen LogP contribution is -2.63. The van der Waals surface area contributed by atoms with Crippen molar-refractivity contribution in [2.45, 2.75) is 194 Å². The number of hydrogen-bond acceptors (Lipinski definition) is 7. The van der Waals surface area contributed by atoms with Crippen molar-refractivity contribution in [1.29, 1.82) is 0 Å². The lowest BCUT2D eigenvalue weighted by Gasteiger charge is -2.63. The van der Waals surface area contributed by atoms with E-state index in [0.29, 0.717) is 31.6 Å². The van der Waals surface area contributed by atoms with E-state index in [2.05, 4.69) is 74.3 Å². The SMILES string of the molecule is C[C@H](CCC(=O)N[C@@H]1CC[C@@]2(C)[C@@H](C1)C[C@@H](O)[C@@H]1[C@@H]2C[C@H](O)[C@]2(C)[C@@H]([C@H](C)CCC(=O)Nc3cccc4ccccc34)CC[C@@H]12)[C@H]1CC[C@H]2[C@@H]3[C@H](O)C[C@@H]4C[C@H](N=[N+]=[N-])CC[C@]4(C)[C@H]3C[C@H](O)[C@]12C. The molecule has 0 aliphatic heterocycles. The molecular formula is C58H85N5O6. The van der Waals surface area contributed by atoms with Crippen LogP contribution in [0.15, 0.2) is 47.6 Å². The fraction of sp³-hybridized carbons (Fsp3) is 0.793. The van der Waals surface area contributed by atoms with Crippen molar-refractivity contribution in [2.75, 3.05) is 5.32 Å². The number of aliphatic hydroxyl groups excluding tert-OH is 4. The van der Waals surface area contributed by atoms with Crippen LogP contribution in [0.3, 0.4) is 0 Å². The number of carbonyl (C=O) groups excluding carboxylic acids is 2. The lowest BCUT2D eigenvalue weighted by atomic mass is 9.43. The molecule has 11 heteroatoms. The average Bonchev–Trinajstić information content (AvgIpc) is 3.87. The largest absolute Gasteiger partial charge is 0.393 e. The number of fused-ring (bicyclic) bond motifs is 11. The Morgan fingerprint density at radius 3 is 1.80 bits per heavy atom. The van der Waals surface area contributed by atoms with Crippen molar-refractivity contribution in [3.63, 3.8) is 0 Å². The van der Waals surface area contributed by atoms with Gasteiger partial charge in [-0.25, -0.2) is 0 Å². The molecule has 0 radical (unpaired) electrons. The molecule has 0 heterocycles. The van der Waals surface area contributed by atoms with Crippen LogP contribution in [0.5, 0.6) is 0 Å². The molecule has 8 aliphatic carbocycles. The van der Waals surface area contributed by atoms with Crippen LogP contribution in [0.25, 0.3) is 21.2 Å². The van der Waals surface area contributed by atoms with E-state index in [-0.39, 0.29) is 111 Å². The van der Waals surface area contributed by atoms with Crippen molar-refractivity contribution in [2.24, 2.45) is 97.8 Å². The van der Waals surface area contributed by atoms with Gasteiger partial charge in [-0.05, 0) is 212 Å². The molecule has 8 aliphatic rings. The average molecular weight is 948 g/mol. The predicted molar refractivity (Wildman–Crippen MR) is 270 cm³/mol. The molecule has 2 amide bonds. The summed E-state index contributed by atoms with van der Waals surface area (Å²) >= 11 is 0. The zero-order valence-corrected chi connectivity index (χ0v) is 42.6. The minimum absolute atomic E-state index is 0.00157. The van der Waals surface area contributed by atoms with Gasteiger partial charge in [-0.1, -0.05) is 83.1 Å². The summed E-state index contributed by atoms with van der Waals surface area (Å²) in [6, 6.07) is 14.2. The topological polar surface area (TPSA) is 188 Å². The van der Waals surface area contributed by atoms with Gasteiger partial charge in [-0.2, -0.15) is 0 Å². The van der Waals surface area contributed by atoms with Crippen LogP contribution in [0.1, 0.15) is 157 Å². The summed E-state index contributed by atoms with van der Waals surface area (Å²) in [5.41, 5.74) is 9.40. The number of carbonyl (C=O) groups is 2. The second kappa shape index (κ2) is 18.7. The van der Waals surface area contributed by atoms with Gasteiger partial charge in [-0.15, -0.1) is 0 Å². The first-order valence-corrected chi connectivity index (χ1v) is 27.7. The first-order valence-electron chi connectivity index (χ1n) is 27.7. The molecule has 2 aromatic carbocycles. The van der Waals surface area contributed by atoms with Gasteiger partial charge in [0.25, 0.3) is 0 Å². The Morgan fingerprint density at radius 1 is 0.667 bits per heavy atom. The number of aliphatic hydroxyl groups is 4. The summed E-state index contributed by atoms with van der Waals surface area (Å²) in [4.78, 5) is 30.3. The monoisotopic (exact) mass is 948 g/mol. The molecule has 0 unspecified atom stereocenters. The highest BCUT2D eigenvalue weighted by Gasteiger charge is 2.67. The molecule has 11 nitrogen and oxygen atoms in total. The van der Waals surface area contributed by atoms with Gasteiger partial charge >= 0.3 is 0 Å². The van der Waals surface area contributed by atoms with Gasteiger partial charge in [0.15, 0.2) is 0 Å². The fourth-order valence-corrected chi connectivity index (χ4v) is 19.6. The van der Waals surface area contributed by atoms with E-state index in [9.17, 15) is 30.0 Å². The van der Waals surface area contributed by atoms with Crippen LogP contribution < -0.4 is 10.6 Å². The summed E-state index contributed by atoms with van der Waals surface area (Å²) in [6.07, 6.45) is 13.1. The first kappa shape index (κ1) is 49.4. The molecular weight excluding hydrogens is 863 g/mol. The number of benzene rings is 2. The van der Waals surface area contributed by atoms with Gasteiger partial charge in [0.05, 0.1) is 24.4 Å². The molecule has 0 spiro atoms. The molecule has 10 rings (SSSR count). The van der Waals surface area contributed by atoms with E-state index in [4.69, 9.17) is 5.53 Å². The first-order chi connectivity index (χ1) is 32.9. The predicted octanol–water partition coefficient (Wildman–Crippen LogP) is 11.0. The molecule has 0 aromatic heterocycles. The standard InChI is InChI=1S/C58H85N5O6/c1-32(40-16-18-43-54-45(31-50(67)57(40,43)5)56(4)25-23-38(62-63-59)27-36(56)29-48(54)65)14-20-51(68)60-37-22-24-55(3)35(26-37)28-47(64)53-42-19-17-41(58(42,6)49(66)30-44(53)55)33(2)15-21-52(69)61-46-13-9-11-34-10-7-8-12-39(34)46/h7-13,32-33,35-38,40-45,47-50,53-54,64-67H,14-31H2,1-6H3,(H,60,68)(H,61,69)/t32-,33-,35+,36+,37-,38-,40-,41-,42+,43+,44+,45+,47-,48-,49+,50+,53+,54+,55+,56+,57-,58-/m1/s1. The van der Waals surface area contributed by atoms with Crippen molar-refractivity contribution < 1.29 is 30.0 Å². The molecule has 6 N–H and O–H groups in total. The molecule has 0 saturated heterocycles. The Kier molecular flexibility index (Phi) is 13.4. The van der Waals surface area contributed by atoms with Crippen LogP contribution >= 0.6 is 0 Å². The van der Waals surface area contributed by atoms with Crippen molar-refractivity contribution >= 4 is 28.3 Å². The van der Waals surface area contributed by atoms with Gasteiger partial charge < -0.3 is 31.1 Å². The van der Waals surface area contributed by atoms with Crippen LogP contribution in [-0.2, 0) is 9.59 Å². The van der Waals surface area contributed by atoms with E-state index in [1.54, 1.807) is 0 Å². The van der Waals surface area contributed by atoms with Gasteiger partial charge in [0, 0.05) is 40.9 Å². The van der Waals surface area contributed by atoms with Gasteiger partial charge in [-0.3, -0.25) is 9.59 Å². The Balaban J connectivity index is 0.723. The van der Waals surface area contributed by atoms with Crippen LogP contribution in [0, 0.1) is 92.7 Å². The quantitative estimate of drug-likeness (QED) is 0.0739. The molecule has 0 bridgehead atoms. The zero-order chi connectivity index (χ0) is 48.8. The summed E-state index contributed by atoms with van der Waals surface area (Å²) in [6.45, 7) is 14.0. The molecule has 22 atom stereocenters. The Bertz CT molecular complexity index is 2280. The second-order valence-electron chi connectivity index (χ2n) is 26.0. The van der Waals surface area contributed by atoms with Gasteiger partial charge in [0.2, 0.25) is 11.8 Å². The minimum Gasteiger partial charge on any atom is -0.393 e. The van der Waals surface area contributed by atoms with E-state index >= 15 is 0 Å². The number of rotatable bonds is 11. The maximum Gasteiger partial charge on any atom is 0.224 e. The molecule has 8 fully saturated rings. The number of nitrogens with one attached hydrogen (secondary N) is 2. The Labute approximate surface area is 411 Å². The number of anilines is 1. The van der Waals surface area contributed by atoms with Crippen LogP contribution in [0.2, 0.25) is 0 Å². The van der Waals surface area contributed by atoms with Crippen molar-refractivity contribution in [1.82, 2.24) is 5.32 Å². The van der Waals surface area contributed by atoms with Crippen molar-refractivity contribution in [3.05, 3.63) is 52.9 Å². The van der Waals surface area contributed by atoms with Crippen LogP contribution in [0.4, 0.5) is 5.69 Å². The second-order valence-corrected chi connectivity index (χ2v) is 26.0. The third-order valence-electron chi connectivity index (χ3n) is 23.4. The van der Waals surface area contributed by atoms with E-state index in [0.717, 1.165) is 106 Å². The molecule has 378 valence electrons. The number of amides is 2. The molecule has 8 saturated carbocycles. The zero-order valence-electron chi connectivity index (χ0n) is 42.6. The normalized spacial score (nSPS) is 46.3. The van der Waals surface area contributed by atoms with E-state index in [1.165, 1.54) is 0 Å². The third kappa shape index (κ3) is 8.17. The highest BCUT2D eigenvalue weighted by Crippen LogP contribution is 2.70. The molecule has 69 heavy (non-hydrogen) atoms. The summed E-state index contributed by atoms with van der Waals surface area (Å²) in [5, 5.41) is 61.3. The van der Waals surface area contributed by atoms with Crippen molar-refractivity contribution in [3.8, 4) is 0 Å². The smallest absolute Gasteiger partial charge is 0.224 e. The van der Waals surface area contributed by atoms with Crippen LogP contribution in [-0.4, -0.2) is 68.7 Å². The number of nitrogens with zero attached hydrogens (tertiary/aromatic N) is 3. The van der Waals surface area contributed by atoms with E-state index < -0.39 is 24.4 Å². The minimum atomic E-state index is -0.459. The summed E-state index contributed by atoms with van der Waals surface area (Å²) in [7, 11) is 0. The summed E-state index contributed by atoms with van der Waals surface area (Å²) < 4.78 is 0. The summed E-state index contributed by atoms with van der Waals surface area (Å²) in [5.74, 6) is 3.11. The lowest BCUT2D eigenvalue weighted by molar-refractivity contribution is -0.202. The van der Waals surface area contributed by atoms with E-state index in [1.807, 2.05) is 30.3 Å². The highest BCUT2D eigenvalue weighted by atomic mass is 16.3. The Hall–Kier alpha value is -3.21. The number of azide groups is 1. The molecule has 2 aromatic rings. The maximum absolute atomic E-state index is 13.8. The van der Waals surface area contributed by atoms with Gasteiger partial charge in [0.1, 0.15) is 0 Å². The third-order valence-corrected chi connectivity index (χ3v) is 23.4. The highest BCUT2D eigenvalue weighted by molar-refractivity contribution is 6.02. The number of hydrogen-bond donors (Lipinski definition) is 6.